The lowest BCUT2D eigenvalue weighted by atomic mass is 10.0. The molecule has 0 radical (unpaired) electrons. The molecule has 0 N–H and O–H groups in total. The van der Waals surface area contributed by atoms with E-state index in [1.165, 1.54) is 0 Å². The van der Waals surface area contributed by atoms with E-state index < -0.39 is 0 Å². The van der Waals surface area contributed by atoms with Crippen molar-refractivity contribution in [3.63, 3.8) is 0 Å². The molecule has 0 saturated carbocycles. The number of hydrogen-bond donors (Lipinski definition) is 0. The van der Waals surface area contributed by atoms with Gasteiger partial charge in [-0.25, -0.2) is 0 Å². The maximum atomic E-state index is 12.4. The molecule has 0 bridgehead atoms. The Morgan fingerprint density at radius 2 is 1.95 bits per heavy atom. The fourth-order valence-electron chi connectivity index (χ4n) is 2.64. The second-order valence-electron chi connectivity index (χ2n) is 6.11. The van der Waals surface area contributed by atoms with Crippen LogP contribution in [0, 0.1) is 0 Å². The van der Waals surface area contributed by atoms with E-state index in [0.717, 1.165) is 31.6 Å². The summed E-state index contributed by atoms with van der Waals surface area (Å²) in [6.45, 7) is 5.90. The maximum Gasteiger partial charge on any atom is 0.255 e. The van der Waals surface area contributed by atoms with Crippen molar-refractivity contribution in [2.45, 2.75) is 38.6 Å². The van der Waals surface area contributed by atoms with E-state index in [0.29, 0.717) is 17.5 Å². The highest BCUT2D eigenvalue weighted by molar-refractivity contribution is 5.94. The van der Waals surface area contributed by atoms with Crippen LogP contribution in [-0.4, -0.2) is 53.9 Å². The second-order valence-corrected chi connectivity index (χ2v) is 6.11. The molecule has 4 heteroatoms. The summed E-state index contributed by atoms with van der Waals surface area (Å²) >= 11 is 0. The van der Waals surface area contributed by atoms with Gasteiger partial charge in [-0.1, -0.05) is 13.8 Å². The van der Waals surface area contributed by atoms with Crippen LogP contribution in [0.2, 0.25) is 0 Å². The van der Waals surface area contributed by atoms with Crippen LogP contribution in [0.15, 0.2) is 18.3 Å². The molecular weight excluding hydrogens is 250 g/mol. The Bertz CT molecular complexity index is 445. The molecule has 2 heterocycles. The van der Waals surface area contributed by atoms with Crippen LogP contribution in [0.3, 0.4) is 0 Å². The summed E-state index contributed by atoms with van der Waals surface area (Å²) in [6, 6.07) is 4.47. The van der Waals surface area contributed by atoms with Gasteiger partial charge in [0.05, 0.1) is 5.56 Å². The van der Waals surface area contributed by atoms with Gasteiger partial charge in [-0.3, -0.25) is 9.78 Å². The van der Waals surface area contributed by atoms with Crippen LogP contribution in [0.5, 0.6) is 0 Å². The van der Waals surface area contributed by atoms with Gasteiger partial charge in [0.2, 0.25) is 0 Å². The third-order valence-electron chi connectivity index (χ3n) is 4.11. The van der Waals surface area contributed by atoms with Crippen LogP contribution in [0.25, 0.3) is 0 Å². The van der Waals surface area contributed by atoms with Crippen molar-refractivity contribution < 1.29 is 4.79 Å². The van der Waals surface area contributed by atoms with Gasteiger partial charge in [-0.15, -0.1) is 0 Å². The molecule has 110 valence electrons. The summed E-state index contributed by atoms with van der Waals surface area (Å²) in [5.74, 6) is 0.514. The normalized spacial score (nSPS) is 17.0. The third-order valence-corrected chi connectivity index (χ3v) is 4.11. The number of likely N-dealkylation sites (tertiary alicyclic amines) is 1. The quantitative estimate of drug-likeness (QED) is 0.850. The van der Waals surface area contributed by atoms with E-state index >= 15 is 0 Å². The molecule has 1 aliphatic heterocycles. The number of carbonyl (C=O) groups excluding carboxylic acids is 1. The Labute approximate surface area is 121 Å². The van der Waals surface area contributed by atoms with Crippen LogP contribution in [0.4, 0.5) is 0 Å². The fraction of sp³-hybridized carbons (Fsp3) is 0.625. The van der Waals surface area contributed by atoms with Crippen LogP contribution < -0.4 is 0 Å². The van der Waals surface area contributed by atoms with Crippen LogP contribution in [-0.2, 0) is 0 Å². The van der Waals surface area contributed by atoms with Gasteiger partial charge >= 0.3 is 0 Å². The highest BCUT2D eigenvalue weighted by Crippen LogP contribution is 2.17. The summed E-state index contributed by atoms with van der Waals surface area (Å²) < 4.78 is 0. The number of rotatable bonds is 3. The van der Waals surface area contributed by atoms with E-state index in [1.54, 1.807) is 6.20 Å². The number of hydrogen-bond acceptors (Lipinski definition) is 3. The summed E-state index contributed by atoms with van der Waals surface area (Å²) in [7, 11) is 4.22. The standard InChI is InChI=1S/C16H25N3O/c1-12(2)15-6-5-13(11-17-15)16(20)19-9-7-14(8-10-19)18(3)4/h5-6,11-12,14H,7-10H2,1-4H3. The molecule has 0 atom stereocenters. The lowest BCUT2D eigenvalue weighted by molar-refractivity contribution is 0.0663. The predicted octanol–water partition coefficient (Wildman–Crippen LogP) is 2.37. The minimum absolute atomic E-state index is 0.116. The summed E-state index contributed by atoms with van der Waals surface area (Å²) in [5.41, 5.74) is 1.74. The Kier molecular flexibility index (Phi) is 4.76. The fourth-order valence-corrected chi connectivity index (χ4v) is 2.64. The van der Waals surface area contributed by atoms with Crippen molar-refractivity contribution in [3.8, 4) is 0 Å². The molecule has 1 aromatic heterocycles. The summed E-state index contributed by atoms with van der Waals surface area (Å²) in [5, 5.41) is 0. The molecular formula is C16H25N3O. The molecule has 4 nitrogen and oxygen atoms in total. The molecule has 0 aromatic carbocycles. The lowest BCUT2D eigenvalue weighted by Crippen LogP contribution is -2.44. The number of pyridine rings is 1. The van der Waals surface area contributed by atoms with Crippen molar-refractivity contribution in [1.82, 2.24) is 14.8 Å². The Morgan fingerprint density at radius 3 is 2.40 bits per heavy atom. The van der Waals surface area contributed by atoms with E-state index in [2.05, 4.69) is 37.8 Å². The number of carbonyl (C=O) groups is 1. The summed E-state index contributed by atoms with van der Waals surface area (Å²) in [4.78, 5) is 21.0. The van der Waals surface area contributed by atoms with Gasteiger partial charge in [-0.2, -0.15) is 0 Å². The lowest BCUT2D eigenvalue weighted by Gasteiger charge is -2.35. The molecule has 1 saturated heterocycles. The molecule has 0 aliphatic carbocycles. The average Bonchev–Trinajstić information content (AvgIpc) is 2.46. The zero-order valence-corrected chi connectivity index (χ0v) is 13.0. The number of piperidine rings is 1. The first kappa shape index (κ1) is 15.0. The number of aromatic nitrogens is 1. The van der Waals surface area contributed by atoms with Crippen molar-refractivity contribution in [2.75, 3.05) is 27.2 Å². The van der Waals surface area contributed by atoms with Crippen molar-refractivity contribution in [2.24, 2.45) is 0 Å². The van der Waals surface area contributed by atoms with Crippen LogP contribution >= 0.6 is 0 Å². The molecule has 2 rings (SSSR count). The van der Waals surface area contributed by atoms with Crippen molar-refractivity contribution in [3.05, 3.63) is 29.6 Å². The zero-order chi connectivity index (χ0) is 14.7. The molecule has 1 amide bonds. The second kappa shape index (κ2) is 6.35. The molecule has 1 fully saturated rings. The molecule has 20 heavy (non-hydrogen) atoms. The SMILES string of the molecule is CC(C)c1ccc(C(=O)N2CCC(N(C)C)CC2)cn1. The molecule has 1 aliphatic rings. The molecule has 0 unspecified atom stereocenters. The first-order valence-corrected chi connectivity index (χ1v) is 7.40. The van der Waals surface area contributed by atoms with Crippen molar-refractivity contribution >= 4 is 5.91 Å². The summed E-state index contributed by atoms with van der Waals surface area (Å²) in [6.07, 6.45) is 3.82. The predicted molar refractivity (Wildman–Crippen MR) is 80.9 cm³/mol. The Morgan fingerprint density at radius 1 is 1.30 bits per heavy atom. The van der Waals surface area contributed by atoms with Crippen LogP contribution in [0.1, 0.15) is 48.7 Å². The van der Waals surface area contributed by atoms with E-state index in [1.807, 2.05) is 17.0 Å². The van der Waals surface area contributed by atoms with Gasteiger partial charge in [0.25, 0.3) is 5.91 Å². The minimum Gasteiger partial charge on any atom is -0.338 e. The van der Waals surface area contributed by atoms with Gasteiger partial charge in [0, 0.05) is 31.0 Å². The maximum absolute atomic E-state index is 12.4. The first-order valence-electron chi connectivity index (χ1n) is 7.40. The van der Waals surface area contributed by atoms with Crippen molar-refractivity contribution in [1.29, 1.82) is 0 Å². The zero-order valence-electron chi connectivity index (χ0n) is 13.0. The van der Waals surface area contributed by atoms with E-state index in [9.17, 15) is 4.79 Å². The largest absolute Gasteiger partial charge is 0.338 e. The molecule has 0 spiro atoms. The highest BCUT2D eigenvalue weighted by Gasteiger charge is 2.24. The smallest absolute Gasteiger partial charge is 0.255 e. The van der Waals surface area contributed by atoms with Gasteiger partial charge < -0.3 is 9.80 Å². The Balaban J connectivity index is 1.98. The minimum atomic E-state index is 0.116. The third kappa shape index (κ3) is 3.37. The van der Waals surface area contributed by atoms with Gasteiger partial charge in [-0.05, 0) is 45.0 Å². The average molecular weight is 275 g/mol. The van der Waals surface area contributed by atoms with Gasteiger partial charge in [0.15, 0.2) is 0 Å². The topological polar surface area (TPSA) is 36.4 Å². The number of amides is 1. The van der Waals surface area contributed by atoms with E-state index in [4.69, 9.17) is 0 Å². The monoisotopic (exact) mass is 275 g/mol. The Hall–Kier alpha value is -1.42. The number of nitrogens with zero attached hydrogens (tertiary/aromatic N) is 3. The molecule has 1 aromatic rings. The highest BCUT2D eigenvalue weighted by atomic mass is 16.2. The van der Waals surface area contributed by atoms with E-state index in [-0.39, 0.29) is 5.91 Å². The van der Waals surface area contributed by atoms with Gasteiger partial charge in [0.1, 0.15) is 0 Å². The first-order chi connectivity index (χ1) is 9.49.